The van der Waals surface area contributed by atoms with E-state index in [1.54, 1.807) is 42.2 Å². The molecule has 14 nitrogen and oxygen atoms in total. The zero-order chi connectivity index (χ0) is 26.8. The van der Waals surface area contributed by atoms with Crippen LogP contribution >= 0.6 is 0 Å². The molecule has 38 heavy (non-hydrogen) atoms. The lowest BCUT2D eigenvalue weighted by Gasteiger charge is -2.26. The number of ether oxygens (including phenoxy) is 1. The quantitative estimate of drug-likeness (QED) is 0.253. The molecule has 2 aromatic heterocycles. The molecule has 3 heterocycles. The summed E-state index contributed by atoms with van der Waals surface area (Å²) in [6.07, 6.45) is 0.109. The number of hydrogen-bond acceptors (Lipinski definition) is 9. The Kier molecular flexibility index (Phi) is 6.53. The normalized spacial score (nSPS) is 13.3. The van der Waals surface area contributed by atoms with Gasteiger partial charge < -0.3 is 20.1 Å². The van der Waals surface area contributed by atoms with Crippen molar-refractivity contribution in [3.8, 4) is 11.4 Å². The standard InChI is InChI=1S/C24H22N8O6/c1-14-17(3-2-4-18(14)32(36)37)20-28-22(31-13-19(27-24(34)35)26-23(31)29-20)25-16-7-5-15(6-8-16)21(33)30-9-11-38-12-10-30/h2-8,13,27H,9-12H2,1H3,(H,34,35)(H,25,26,28,29). The Hall–Kier alpha value is -5.11. The minimum Gasteiger partial charge on any atom is -0.465 e. The summed E-state index contributed by atoms with van der Waals surface area (Å²) in [6.45, 7) is 3.67. The SMILES string of the molecule is Cc1c(-c2nc(Nc3ccc(C(=O)N4CCOCC4)cc3)n3cc(NC(=O)O)nc3n2)cccc1[N+](=O)[O-]. The molecule has 1 aliphatic heterocycles. The van der Waals surface area contributed by atoms with Crippen LogP contribution in [-0.2, 0) is 4.74 Å². The number of imidazole rings is 1. The molecule has 1 saturated heterocycles. The second-order valence-electron chi connectivity index (χ2n) is 8.41. The maximum atomic E-state index is 12.8. The van der Waals surface area contributed by atoms with Crippen molar-refractivity contribution in [1.82, 2.24) is 24.3 Å². The van der Waals surface area contributed by atoms with Crippen molar-refractivity contribution in [2.75, 3.05) is 36.9 Å². The highest BCUT2D eigenvalue weighted by atomic mass is 16.6. The molecule has 0 aliphatic carbocycles. The maximum absolute atomic E-state index is 12.8. The first-order valence-corrected chi connectivity index (χ1v) is 11.6. The Morgan fingerprint density at radius 2 is 1.82 bits per heavy atom. The summed E-state index contributed by atoms with van der Waals surface area (Å²) in [5, 5.41) is 25.9. The van der Waals surface area contributed by atoms with Gasteiger partial charge in [-0.05, 0) is 31.2 Å². The molecule has 3 N–H and O–H groups in total. The molecule has 0 spiro atoms. The molecule has 14 heteroatoms. The molecule has 2 aromatic carbocycles. The second-order valence-corrected chi connectivity index (χ2v) is 8.41. The van der Waals surface area contributed by atoms with Crippen molar-refractivity contribution < 1.29 is 24.4 Å². The summed E-state index contributed by atoms with van der Waals surface area (Å²) < 4.78 is 6.76. The van der Waals surface area contributed by atoms with Crippen LogP contribution in [0.5, 0.6) is 0 Å². The van der Waals surface area contributed by atoms with Gasteiger partial charge in [-0.2, -0.15) is 15.0 Å². The van der Waals surface area contributed by atoms with Gasteiger partial charge in [-0.15, -0.1) is 0 Å². The van der Waals surface area contributed by atoms with Gasteiger partial charge in [0.1, 0.15) is 0 Å². The third kappa shape index (κ3) is 4.92. The molecule has 194 valence electrons. The predicted octanol–water partition coefficient (Wildman–Crippen LogP) is 3.31. The highest BCUT2D eigenvalue weighted by Gasteiger charge is 2.21. The fraction of sp³-hybridized carbons (Fsp3) is 0.208. The van der Waals surface area contributed by atoms with Crippen LogP contribution in [-0.4, -0.2) is 72.6 Å². The van der Waals surface area contributed by atoms with E-state index in [0.717, 1.165) is 0 Å². The van der Waals surface area contributed by atoms with Crippen molar-refractivity contribution >= 4 is 40.9 Å². The summed E-state index contributed by atoms with van der Waals surface area (Å²) in [4.78, 5) is 49.8. The first-order chi connectivity index (χ1) is 18.3. The van der Waals surface area contributed by atoms with E-state index in [0.29, 0.717) is 48.7 Å². The van der Waals surface area contributed by atoms with E-state index in [9.17, 15) is 19.7 Å². The van der Waals surface area contributed by atoms with Gasteiger partial charge in [-0.25, -0.2) is 4.79 Å². The monoisotopic (exact) mass is 518 g/mol. The Balaban J connectivity index is 1.52. The number of aromatic nitrogens is 4. The van der Waals surface area contributed by atoms with Gasteiger partial charge in [0.05, 0.1) is 24.3 Å². The van der Waals surface area contributed by atoms with E-state index in [1.165, 1.54) is 22.7 Å². The smallest absolute Gasteiger partial charge is 0.410 e. The van der Waals surface area contributed by atoms with Gasteiger partial charge in [0.15, 0.2) is 11.6 Å². The number of hydrogen-bond donors (Lipinski definition) is 3. The predicted molar refractivity (Wildman–Crippen MR) is 136 cm³/mol. The van der Waals surface area contributed by atoms with E-state index in [4.69, 9.17) is 9.84 Å². The fourth-order valence-electron chi connectivity index (χ4n) is 4.10. The number of carboxylic acid groups (broad SMARTS) is 1. The number of fused-ring (bicyclic) bond motifs is 1. The lowest BCUT2D eigenvalue weighted by Crippen LogP contribution is -2.40. The summed E-state index contributed by atoms with van der Waals surface area (Å²) in [5.41, 5.74) is 1.82. The van der Waals surface area contributed by atoms with Crippen molar-refractivity contribution in [1.29, 1.82) is 0 Å². The number of nitrogens with zero attached hydrogens (tertiary/aromatic N) is 6. The summed E-state index contributed by atoms with van der Waals surface area (Å²) in [6, 6.07) is 11.4. The zero-order valence-electron chi connectivity index (χ0n) is 20.1. The Labute approximate surface area is 215 Å². The van der Waals surface area contributed by atoms with Crippen LogP contribution in [0.4, 0.5) is 27.9 Å². The van der Waals surface area contributed by atoms with Crippen LogP contribution in [0.3, 0.4) is 0 Å². The number of nitro groups is 1. The van der Waals surface area contributed by atoms with Crippen molar-refractivity contribution in [3.05, 3.63) is 69.9 Å². The summed E-state index contributed by atoms with van der Waals surface area (Å²) in [7, 11) is 0. The van der Waals surface area contributed by atoms with Gasteiger partial charge in [0.25, 0.3) is 11.6 Å². The van der Waals surface area contributed by atoms with Crippen LogP contribution in [0.15, 0.2) is 48.7 Å². The van der Waals surface area contributed by atoms with Crippen molar-refractivity contribution in [2.24, 2.45) is 0 Å². The third-order valence-corrected chi connectivity index (χ3v) is 6.00. The number of carbonyl (C=O) groups excluding carboxylic acids is 1. The first kappa shape index (κ1) is 24.6. The number of rotatable bonds is 6. The number of morpholine rings is 1. The lowest BCUT2D eigenvalue weighted by atomic mass is 10.1. The average molecular weight is 518 g/mol. The largest absolute Gasteiger partial charge is 0.465 e. The van der Waals surface area contributed by atoms with Gasteiger partial charge in [-0.3, -0.25) is 24.6 Å². The van der Waals surface area contributed by atoms with Gasteiger partial charge >= 0.3 is 6.09 Å². The Morgan fingerprint density at radius 3 is 2.50 bits per heavy atom. The van der Waals surface area contributed by atoms with Gasteiger partial charge in [0.2, 0.25) is 11.7 Å². The number of benzene rings is 2. The summed E-state index contributed by atoms with van der Waals surface area (Å²) >= 11 is 0. The van der Waals surface area contributed by atoms with E-state index < -0.39 is 11.0 Å². The number of nitro benzene ring substituents is 1. The van der Waals surface area contributed by atoms with Crippen LogP contribution in [0.25, 0.3) is 17.2 Å². The molecular weight excluding hydrogens is 496 g/mol. The van der Waals surface area contributed by atoms with E-state index in [2.05, 4.69) is 25.6 Å². The molecule has 0 atom stereocenters. The average Bonchev–Trinajstić information content (AvgIpc) is 3.31. The lowest BCUT2D eigenvalue weighted by molar-refractivity contribution is -0.385. The fourth-order valence-corrected chi connectivity index (χ4v) is 4.10. The Bertz CT molecular complexity index is 1550. The van der Waals surface area contributed by atoms with Crippen LogP contribution in [0.1, 0.15) is 15.9 Å². The first-order valence-electron chi connectivity index (χ1n) is 11.6. The number of carbonyl (C=O) groups is 2. The summed E-state index contributed by atoms with van der Waals surface area (Å²) in [5.74, 6) is 0.439. The maximum Gasteiger partial charge on any atom is 0.410 e. The van der Waals surface area contributed by atoms with E-state index in [1.807, 2.05) is 0 Å². The van der Waals surface area contributed by atoms with E-state index in [-0.39, 0.29) is 35.0 Å². The van der Waals surface area contributed by atoms with Crippen LogP contribution < -0.4 is 10.6 Å². The minimum absolute atomic E-state index is 0.0224. The van der Waals surface area contributed by atoms with Crippen molar-refractivity contribution in [3.63, 3.8) is 0 Å². The topological polar surface area (TPSA) is 177 Å². The van der Waals surface area contributed by atoms with Crippen LogP contribution in [0.2, 0.25) is 0 Å². The highest BCUT2D eigenvalue weighted by Crippen LogP contribution is 2.29. The Morgan fingerprint density at radius 1 is 1.08 bits per heavy atom. The molecule has 0 bridgehead atoms. The molecule has 2 amide bonds. The second kappa shape index (κ2) is 10.1. The molecule has 0 unspecified atom stereocenters. The minimum atomic E-state index is -1.30. The molecule has 1 aliphatic rings. The highest BCUT2D eigenvalue weighted by molar-refractivity contribution is 5.94. The number of amides is 2. The molecular formula is C24H22N8O6. The number of nitrogens with one attached hydrogen (secondary N) is 2. The van der Waals surface area contributed by atoms with Crippen molar-refractivity contribution in [2.45, 2.75) is 6.92 Å². The van der Waals surface area contributed by atoms with Gasteiger partial charge in [-0.1, -0.05) is 12.1 Å². The molecule has 4 aromatic rings. The number of anilines is 3. The zero-order valence-corrected chi connectivity index (χ0v) is 20.1. The molecule has 0 radical (unpaired) electrons. The van der Waals surface area contributed by atoms with Crippen LogP contribution in [0, 0.1) is 17.0 Å². The molecule has 0 saturated carbocycles. The molecule has 5 rings (SSSR count). The molecule has 1 fully saturated rings. The van der Waals surface area contributed by atoms with E-state index >= 15 is 0 Å². The van der Waals surface area contributed by atoms with Gasteiger partial charge in [0, 0.05) is 41.5 Å². The third-order valence-electron chi connectivity index (χ3n) is 6.00.